The number of nitrogens with one attached hydrogen (secondary N) is 1. The Morgan fingerprint density at radius 1 is 1.56 bits per heavy atom. The smallest absolute Gasteiger partial charge is 0.261 e. The normalized spacial score (nSPS) is 11.6. The monoisotopic (exact) mass is 307 g/mol. The third kappa shape index (κ3) is 3.04. The summed E-state index contributed by atoms with van der Waals surface area (Å²) in [4.78, 5) is 12.4. The first-order chi connectivity index (χ1) is 7.41. The Balaban J connectivity index is 2.80. The van der Waals surface area contributed by atoms with Crippen molar-refractivity contribution in [3.8, 4) is 0 Å². The fourth-order valence-electron chi connectivity index (χ4n) is 1.04. The summed E-state index contributed by atoms with van der Waals surface area (Å²) in [6.45, 7) is 2.87. The van der Waals surface area contributed by atoms with E-state index in [4.69, 9.17) is 10.2 Å². The van der Waals surface area contributed by atoms with Gasteiger partial charge in [-0.3, -0.25) is 4.79 Å². The van der Waals surface area contributed by atoms with Gasteiger partial charge in [0.05, 0.1) is 27.4 Å². The van der Waals surface area contributed by atoms with E-state index in [0.717, 1.165) is 9.35 Å². The number of carbonyl (C=O) groups excluding carboxylic acids is 1. The van der Waals surface area contributed by atoms with Gasteiger partial charge in [-0.25, -0.2) is 0 Å². The molecule has 1 heterocycles. The van der Waals surface area contributed by atoms with Gasteiger partial charge in [-0.2, -0.15) is 0 Å². The molecule has 0 radical (unpaired) electrons. The molecule has 4 nitrogen and oxygen atoms in total. The van der Waals surface area contributed by atoms with Crippen molar-refractivity contribution in [2.24, 2.45) is 0 Å². The largest absolute Gasteiger partial charge is 0.394 e. The molecule has 3 N–H and O–H groups in total. The van der Waals surface area contributed by atoms with Crippen LogP contribution in [0.15, 0.2) is 9.85 Å². The van der Waals surface area contributed by atoms with E-state index in [-0.39, 0.29) is 19.1 Å². The van der Waals surface area contributed by atoms with Crippen LogP contribution in [0.3, 0.4) is 0 Å². The minimum atomic E-state index is -0.985. The van der Waals surface area contributed by atoms with Crippen molar-refractivity contribution in [1.29, 1.82) is 0 Å². The maximum absolute atomic E-state index is 11.8. The second kappa shape index (κ2) is 5.27. The molecule has 0 aromatic carbocycles. The molecule has 0 unspecified atom stereocenters. The van der Waals surface area contributed by atoms with Gasteiger partial charge in [0, 0.05) is 0 Å². The van der Waals surface area contributed by atoms with Crippen LogP contribution in [0.5, 0.6) is 0 Å². The summed E-state index contributed by atoms with van der Waals surface area (Å²) < 4.78 is 0.910. The Morgan fingerprint density at radius 3 is 2.50 bits per heavy atom. The van der Waals surface area contributed by atoms with Gasteiger partial charge in [0.1, 0.15) is 0 Å². The lowest BCUT2D eigenvalue weighted by Crippen LogP contribution is -2.51. The summed E-state index contributed by atoms with van der Waals surface area (Å²) in [7, 11) is 0. The lowest BCUT2D eigenvalue weighted by molar-refractivity contribution is 0.0727. The highest BCUT2D eigenvalue weighted by atomic mass is 79.9. The van der Waals surface area contributed by atoms with Crippen molar-refractivity contribution in [2.75, 3.05) is 13.2 Å². The van der Waals surface area contributed by atoms with Gasteiger partial charge in [0.25, 0.3) is 5.91 Å². The Bertz CT molecular complexity index is 368. The molecular formula is C10H14BrNO3S. The number of amides is 1. The van der Waals surface area contributed by atoms with Crippen molar-refractivity contribution in [1.82, 2.24) is 5.32 Å². The average molecular weight is 308 g/mol. The van der Waals surface area contributed by atoms with Gasteiger partial charge in [-0.1, -0.05) is 0 Å². The summed E-state index contributed by atoms with van der Waals surface area (Å²) >= 11 is 4.66. The molecule has 0 aliphatic rings. The van der Waals surface area contributed by atoms with Gasteiger partial charge >= 0.3 is 0 Å². The van der Waals surface area contributed by atoms with Crippen LogP contribution >= 0.6 is 27.3 Å². The molecule has 0 saturated heterocycles. The van der Waals surface area contributed by atoms with Crippen LogP contribution in [-0.2, 0) is 0 Å². The molecule has 0 atom stereocenters. The summed E-state index contributed by atoms with van der Waals surface area (Å²) in [5, 5.41) is 20.7. The highest BCUT2D eigenvalue weighted by Gasteiger charge is 2.25. The SMILES string of the molecule is Cc1cc(C(=O)NC(C)(CO)CO)sc1Br. The zero-order chi connectivity index (χ0) is 12.3. The quantitative estimate of drug-likeness (QED) is 0.785. The first-order valence-corrected chi connectivity index (χ1v) is 6.33. The van der Waals surface area contributed by atoms with Crippen LogP contribution in [0.25, 0.3) is 0 Å². The molecule has 0 fully saturated rings. The Labute approximate surface area is 106 Å². The van der Waals surface area contributed by atoms with Crippen molar-refractivity contribution in [3.63, 3.8) is 0 Å². The minimum Gasteiger partial charge on any atom is -0.394 e. The first-order valence-electron chi connectivity index (χ1n) is 4.72. The molecule has 0 bridgehead atoms. The standard InChI is InChI=1S/C10H14BrNO3S/c1-6-3-7(16-8(6)11)9(15)12-10(2,4-13)5-14/h3,13-14H,4-5H2,1-2H3,(H,12,15). The number of aliphatic hydroxyl groups excluding tert-OH is 2. The third-order valence-electron chi connectivity index (χ3n) is 2.19. The van der Waals surface area contributed by atoms with Crippen LogP contribution in [-0.4, -0.2) is 34.9 Å². The zero-order valence-electron chi connectivity index (χ0n) is 9.08. The molecule has 16 heavy (non-hydrogen) atoms. The predicted molar refractivity (Wildman–Crippen MR) is 66.8 cm³/mol. The van der Waals surface area contributed by atoms with Crippen LogP contribution < -0.4 is 5.32 Å². The summed E-state index contributed by atoms with van der Waals surface area (Å²) in [6, 6.07) is 1.76. The lowest BCUT2D eigenvalue weighted by atomic mass is 10.1. The molecular weight excluding hydrogens is 294 g/mol. The van der Waals surface area contributed by atoms with Crippen LogP contribution in [0.4, 0.5) is 0 Å². The van der Waals surface area contributed by atoms with E-state index in [0.29, 0.717) is 4.88 Å². The first kappa shape index (κ1) is 13.6. The van der Waals surface area contributed by atoms with Gasteiger partial charge in [-0.05, 0) is 41.4 Å². The van der Waals surface area contributed by atoms with Crippen LogP contribution in [0.1, 0.15) is 22.2 Å². The zero-order valence-corrected chi connectivity index (χ0v) is 11.5. The van der Waals surface area contributed by atoms with Crippen molar-refractivity contribution in [3.05, 3.63) is 20.3 Å². The van der Waals surface area contributed by atoms with Crippen LogP contribution in [0.2, 0.25) is 0 Å². The van der Waals surface area contributed by atoms with Crippen molar-refractivity contribution >= 4 is 33.2 Å². The lowest BCUT2D eigenvalue weighted by Gasteiger charge is -2.25. The van der Waals surface area contributed by atoms with Gasteiger partial charge in [0.15, 0.2) is 0 Å². The number of aryl methyl sites for hydroxylation is 1. The van der Waals surface area contributed by atoms with Crippen molar-refractivity contribution < 1.29 is 15.0 Å². The number of carbonyl (C=O) groups is 1. The summed E-state index contributed by atoms with van der Waals surface area (Å²) in [6.07, 6.45) is 0. The molecule has 90 valence electrons. The highest BCUT2D eigenvalue weighted by molar-refractivity contribution is 9.11. The average Bonchev–Trinajstić information content (AvgIpc) is 2.59. The number of thiophene rings is 1. The third-order valence-corrected chi connectivity index (χ3v) is 4.33. The number of aliphatic hydroxyl groups is 2. The topological polar surface area (TPSA) is 69.6 Å². The van der Waals surface area contributed by atoms with Gasteiger partial charge in [-0.15, -0.1) is 11.3 Å². The molecule has 1 aromatic rings. The fourth-order valence-corrected chi connectivity index (χ4v) is 2.47. The van der Waals surface area contributed by atoms with Gasteiger partial charge in [0.2, 0.25) is 0 Å². The second-order valence-electron chi connectivity index (χ2n) is 3.90. The molecule has 0 aliphatic carbocycles. The number of hydrogen-bond acceptors (Lipinski definition) is 4. The van der Waals surface area contributed by atoms with E-state index in [1.54, 1.807) is 13.0 Å². The maximum atomic E-state index is 11.8. The van der Waals surface area contributed by atoms with Crippen LogP contribution in [0, 0.1) is 6.92 Å². The van der Waals surface area contributed by atoms with E-state index in [1.807, 2.05) is 6.92 Å². The Morgan fingerprint density at radius 2 is 2.12 bits per heavy atom. The Kier molecular flexibility index (Phi) is 4.49. The van der Waals surface area contributed by atoms with E-state index < -0.39 is 5.54 Å². The number of rotatable bonds is 4. The minimum absolute atomic E-state index is 0.288. The summed E-state index contributed by atoms with van der Waals surface area (Å²) in [5.41, 5.74) is 0.00593. The van der Waals surface area contributed by atoms with Crippen molar-refractivity contribution in [2.45, 2.75) is 19.4 Å². The molecule has 0 aliphatic heterocycles. The second-order valence-corrected chi connectivity index (χ2v) is 6.27. The predicted octanol–water partition coefficient (Wildman–Crippen LogP) is 1.29. The fraction of sp³-hybridized carbons (Fsp3) is 0.500. The molecule has 6 heteroatoms. The summed E-state index contributed by atoms with van der Waals surface area (Å²) in [5.74, 6) is -0.288. The van der Waals surface area contributed by atoms with E-state index in [1.165, 1.54) is 11.3 Å². The molecule has 0 saturated carbocycles. The Hall–Kier alpha value is -0.430. The maximum Gasteiger partial charge on any atom is 0.261 e. The van der Waals surface area contributed by atoms with E-state index in [9.17, 15) is 4.79 Å². The molecule has 1 aromatic heterocycles. The molecule has 0 spiro atoms. The van der Waals surface area contributed by atoms with E-state index >= 15 is 0 Å². The van der Waals surface area contributed by atoms with E-state index in [2.05, 4.69) is 21.2 Å². The highest BCUT2D eigenvalue weighted by Crippen LogP contribution is 2.27. The van der Waals surface area contributed by atoms with Gasteiger partial charge < -0.3 is 15.5 Å². The molecule has 1 amide bonds. The number of hydrogen-bond donors (Lipinski definition) is 3. The number of halogens is 1. The molecule has 1 rings (SSSR count).